The first-order valence-corrected chi connectivity index (χ1v) is 6.86. The van der Waals surface area contributed by atoms with Gasteiger partial charge in [-0.15, -0.1) is 11.3 Å². The molecule has 3 nitrogen and oxygen atoms in total. The predicted molar refractivity (Wildman–Crippen MR) is 73.8 cm³/mol. The molecule has 1 heterocycles. The summed E-state index contributed by atoms with van der Waals surface area (Å²) in [5.41, 5.74) is 1.33. The second kappa shape index (κ2) is 5.94. The van der Waals surface area contributed by atoms with E-state index in [1.807, 2.05) is 7.05 Å². The lowest BCUT2D eigenvalue weighted by atomic mass is 9.91. The molecule has 0 amide bonds. The van der Waals surface area contributed by atoms with Gasteiger partial charge in [-0.3, -0.25) is 0 Å². The molecule has 0 radical (unpaired) electrons. The normalized spacial score (nSPS) is 14.0. The summed E-state index contributed by atoms with van der Waals surface area (Å²) in [5, 5.41) is 4.39. The summed E-state index contributed by atoms with van der Waals surface area (Å²) in [5.74, 6) is 0. The molecule has 17 heavy (non-hydrogen) atoms. The lowest BCUT2D eigenvalue weighted by Gasteiger charge is -2.17. The molecule has 0 spiro atoms. The molecule has 0 aliphatic rings. The molecule has 0 saturated heterocycles. The number of ether oxygens (including phenoxy) is 1. The summed E-state index contributed by atoms with van der Waals surface area (Å²) in [6.07, 6.45) is 1.13. The molecule has 1 atom stereocenters. The monoisotopic (exact) mass is 256 g/mol. The number of nitrogens with one attached hydrogen (secondary N) is 1. The lowest BCUT2D eigenvalue weighted by Crippen LogP contribution is -2.17. The average molecular weight is 256 g/mol. The van der Waals surface area contributed by atoms with Crippen LogP contribution in [-0.4, -0.2) is 25.2 Å². The summed E-state index contributed by atoms with van der Waals surface area (Å²) in [7, 11) is 3.72. The standard InChI is InChI=1S/C13H24N2OS/c1-9(16-6)7-11-15-12(13(2,3)4)10(17-11)8-14-5/h9,14H,7-8H2,1-6H3. The Morgan fingerprint density at radius 2 is 2.06 bits per heavy atom. The smallest absolute Gasteiger partial charge is 0.0957 e. The Bertz CT molecular complexity index is 355. The zero-order chi connectivity index (χ0) is 13.1. The summed E-state index contributed by atoms with van der Waals surface area (Å²) in [4.78, 5) is 6.13. The number of thiazole rings is 1. The van der Waals surface area contributed by atoms with Crippen molar-refractivity contribution in [2.24, 2.45) is 0 Å². The van der Waals surface area contributed by atoms with E-state index in [-0.39, 0.29) is 11.5 Å². The zero-order valence-corrected chi connectivity index (χ0v) is 12.6. The molecular formula is C13H24N2OS. The highest BCUT2D eigenvalue weighted by atomic mass is 32.1. The van der Waals surface area contributed by atoms with Crippen molar-refractivity contribution in [1.29, 1.82) is 0 Å². The van der Waals surface area contributed by atoms with Crippen LogP contribution in [0.25, 0.3) is 0 Å². The van der Waals surface area contributed by atoms with E-state index >= 15 is 0 Å². The predicted octanol–water partition coefficient (Wildman–Crippen LogP) is 2.74. The van der Waals surface area contributed by atoms with E-state index in [1.165, 1.54) is 15.6 Å². The Hall–Kier alpha value is -0.450. The van der Waals surface area contributed by atoms with Crippen molar-refractivity contribution in [1.82, 2.24) is 10.3 Å². The Labute approximate surface area is 109 Å². The van der Waals surface area contributed by atoms with E-state index in [0.717, 1.165) is 13.0 Å². The van der Waals surface area contributed by atoms with Gasteiger partial charge in [0.15, 0.2) is 0 Å². The van der Waals surface area contributed by atoms with Crippen LogP contribution in [0.1, 0.15) is 43.3 Å². The number of hydrogen-bond acceptors (Lipinski definition) is 4. The number of nitrogens with zero attached hydrogens (tertiary/aromatic N) is 1. The molecule has 98 valence electrons. The molecule has 1 unspecified atom stereocenters. The fourth-order valence-electron chi connectivity index (χ4n) is 1.68. The molecule has 0 aromatic carbocycles. The third-order valence-electron chi connectivity index (χ3n) is 2.65. The number of rotatable bonds is 5. The van der Waals surface area contributed by atoms with Gasteiger partial charge in [0.2, 0.25) is 0 Å². The highest BCUT2D eigenvalue weighted by Gasteiger charge is 2.23. The zero-order valence-electron chi connectivity index (χ0n) is 11.8. The molecule has 0 aliphatic carbocycles. The molecule has 1 rings (SSSR count). The van der Waals surface area contributed by atoms with Gasteiger partial charge in [-0.25, -0.2) is 4.98 Å². The molecule has 1 N–H and O–H groups in total. The second-order valence-corrected chi connectivity index (χ2v) is 6.58. The highest BCUT2D eigenvalue weighted by molar-refractivity contribution is 7.11. The third-order valence-corrected chi connectivity index (χ3v) is 3.73. The lowest BCUT2D eigenvalue weighted by molar-refractivity contribution is 0.118. The molecule has 1 aromatic rings. The van der Waals surface area contributed by atoms with Crippen molar-refractivity contribution in [3.63, 3.8) is 0 Å². The van der Waals surface area contributed by atoms with E-state index in [2.05, 4.69) is 33.0 Å². The third kappa shape index (κ3) is 4.05. The van der Waals surface area contributed by atoms with Crippen LogP contribution in [0.2, 0.25) is 0 Å². The summed E-state index contributed by atoms with van der Waals surface area (Å²) in [6.45, 7) is 9.61. The Balaban J connectivity index is 2.95. The maximum Gasteiger partial charge on any atom is 0.0957 e. The Morgan fingerprint density at radius 3 is 2.53 bits per heavy atom. The van der Waals surface area contributed by atoms with Gasteiger partial charge < -0.3 is 10.1 Å². The minimum atomic E-state index is 0.108. The van der Waals surface area contributed by atoms with Crippen LogP contribution in [0.4, 0.5) is 0 Å². The quantitative estimate of drug-likeness (QED) is 0.879. The van der Waals surface area contributed by atoms with Crippen molar-refractivity contribution in [2.75, 3.05) is 14.2 Å². The van der Waals surface area contributed by atoms with Crippen LogP contribution in [0.5, 0.6) is 0 Å². The van der Waals surface area contributed by atoms with Crippen molar-refractivity contribution in [3.05, 3.63) is 15.6 Å². The van der Waals surface area contributed by atoms with Gasteiger partial charge in [0.05, 0.1) is 16.8 Å². The van der Waals surface area contributed by atoms with Gasteiger partial charge in [0, 0.05) is 30.4 Å². The van der Waals surface area contributed by atoms with Crippen LogP contribution in [0.15, 0.2) is 0 Å². The Kier molecular flexibility index (Phi) is 5.10. The highest BCUT2D eigenvalue weighted by Crippen LogP contribution is 2.30. The van der Waals surface area contributed by atoms with Crippen molar-refractivity contribution >= 4 is 11.3 Å². The van der Waals surface area contributed by atoms with Crippen molar-refractivity contribution < 1.29 is 4.74 Å². The molecule has 0 bridgehead atoms. The number of aromatic nitrogens is 1. The van der Waals surface area contributed by atoms with Crippen LogP contribution in [0.3, 0.4) is 0 Å². The van der Waals surface area contributed by atoms with Crippen LogP contribution in [0, 0.1) is 0 Å². The fourth-order valence-corrected chi connectivity index (χ4v) is 3.09. The maximum atomic E-state index is 5.30. The fraction of sp³-hybridized carbons (Fsp3) is 0.769. The number of methoxy groups -OCH3 is 1. The summed E-state index contributed by atoms with van der Waals surface area (Å²) < 4.78 is 5.30. The summed E-state index contributed by atoms with van der Waals surface area (Å²) >= 11 is 1.80. The Morgan fingerprint density at radius 1 is 1.41 bits per heavy atom. The van der Waals surface area contributed by atoms with E-state index in [0.29, 0.717) is 0 Å². The molecule has 1 aromatic heterocycles. The van der Waals surface area contributed by atoms with Gasteiger partial charge in [-0.1, -0.05) is 20.8 Å². The second-order valence-electron chi connectivity index (χ2n) is 5.41. The van der Waals surface area contributed by atoms with Gasteiger partial charge in [0.25, 0.3) is 0 Å². The van der Waals surface area contributed by atoms with E-state index in [1.54, 1.807) is 18.4 Å². The average Bonchev–Trinajstić information content (AvgIpc) is 2.61. The topological polar surface area (TPSA) is 34.1 Å². The van der Waals surface area contributed by atoms with E-state index in [9.17, 15) is 0 Å². The van der Waals surface area contributed by atoms with Crippen molar-refractivity contribution in [2.45, 2.75) is 52.2 Å². The summed E-state index contributed by atoms with van der Waals surface area (Å²) in [6, 6.07) is 0. The minimum Gasteiger partial charge on any atom is -0.381 e. The first-order chi connectivity index (χ1) is 7.88. The maximum absolute atomic E-state index is 5.30. The molecular weight excluding hydrogens is 232 g/mol. The van der Waals surface area contributed by atoms with Crippen LogP contribution in [-0.2, 0) is 23.1 Å². The van der Waals surface area contributed by atoms with Crippen LogP contribution >= 0.6 is 11.3 Å². The van der Waals surface area contributed by atoms with Gasteiger partial charge in [0.1, 0.15) is 0 Å². The molecule has 0 saturated carbocycles. The molecule has 0 aliphatic heterocycles. The first-order valence-electron chi connectivity index (χ1n) is 6.05. The van der Waals surface area contributed by atoms with E-state index < -0.39 is 0 Å². The SMILES string of the molecule is CNCc1sc(CC(C)OC)nc1C(C)(C)C. The van der Waals surface area contributed by atoms with Gasteiger partial charge >= 0.3 is 0 Å². The van der Waals surface area contributed by atoms with Crippen molar-refractivity contribution in [3.8, 4) is 0 Å². The van der Waals surface area contributed by atoms with E-state index in [4.69, 9.17) is 9.72 Å². The first kappa shape index (κ1) is 14.6. The molecule has 0 fully saturated rings. The van der Waals surface area contributed by atoms with Gasteiger partial charge in [-0.05, 0) is 14.0 Å². The number of hydrogen-bond donors (Lipinski definition) is 1. The molecule has 4 heteroatoms. The minimum absolute atomic E-state index is 0.108. The van der Waals surface area contributed by atoms with Gasteiger partial charge in [-0.2, -0.15) is 0 Å². The largest absolute Gasteiger partial charge is 0.381 e. The van der Waals surface area contributed by atoms with Crippen LogP contribution < -0.4 is 5.32 Å².